The number of hydrogen-bond acceptors (Lipinski definition) is 7. The highest BCUT2D eigenvalue weighted by atomic mass is 32.1. The van der Waals surface area contributed by atoms with Crippen molar-refractivity contribution < 1.29 is 9.59 Å². The van der Waals surface area contributed by atoms with Crippen molar-refractivity contribution in [2.24, 2.45) is 5.92 Å². The van der Waals surface area contributed by atoms with Crippen molar-refractivity contribution in [3.63, 3.8) is 0 Å². The Bertz CT molecular complexity index is 749. The number of hydrogen-bond donors (Lipinski definition) is 1. The fourth-order valence-electron chi connectivity index (χ4n) is 3.11. The van der Waals surface area contributed by atoms with Crippen LogP contribution in [0.3, 0.4) is 0 Å². The van der Waals surface area contributed by atoms with Gasteiger partial charge in [-0.15, -0.1) is 10.2 Å². The normalized spacial score (nSPS) is 17.8. The predicted octanol–water partition coefficient (Wildman–Crippen LogP) is 2.42. The molecule has 0 unspecified atom stereocenters. The molecule has 0 radical (unpaired) electrons. The van der Waals surface area contributed by atoms with E-state index in [-0.39, 0.29) is 24.2 Å². The Morgan fingerprint density at radius 3 is 3.00 bits per heavy atom. The molecule has 1 amide bonds. The van der Waals surface area contributed by atoms with Crippen LogP contribution in [-0.4, -0.2) is 51.4 Å². The summed E-state index contributed by atoms with van der Waals surface area (Å²) in [5.41, 5.74) is 0.501. The van der Waals surface area contributed by atoms with E-state index < -0.39 is 0 Å². The van der Waals surface area contributed by atoms with Crippen LogP contribution < -0.4 is 5.32 Å². The summed E-state index contributed by atoms with van der Waals surface area (Å²) < 4.78 is 0. The van der Waals surface area contributed by atoms with Gasteiger partial charge in [0.25, 0.3) is 0 Å². The molecular formula is C18H23N5O2S. The van der Waals surface area contributed by atoms with E-state index in [4.69, 9.17) is 0 Å². The molecule has 1 atom stereocenters. The summed E-state index contributed by atoms with van der Waals surface area (Å²) in [5.74, 6) is -0.164. The molecule has 0 aliphatic carbocycles. The number of anilines is 1. The Morgan fingerprint density at radius 1 is 1.35 bits per heavy atom. The zero-order valence-electron chi connectivity index (χ0n) is 14.9. The molecule has 1 saturated heterocycles. The topological polar surface area (TPSA) is 88.1 Å². The van der Waals surface area contributed by atoms with Gasteiger partial charge >= 0.3 is 0 Å². The van der Waals surface area contributed by atoms with Crippen molar-refractivity contribution in [2.75, 3.05) is 25.0 Å². The Hall–Kier alpha value is -2.19. The smallest absolute Gasteiger partial charge is 0.240 e. The quantitative estimate of drug-likeness (QED) is 0.750. The molecule has 0 aromatic carbocycles. The van der Waals surface area contributed by atoms with Crippen LogP contribution in [0.5, 0.6) is 0 Å². The maximum atomic E-state index is 12.6. The summed E-state index contributed by atoms with van der Waals surface area (Å²) in [6.07, 6.45) is 5.25. The number of rotatable bonds is 7. The Kier molecular flexibility index (Phi) is 6.40. The van der Waals surface area contributed by atoms with Gasteiger partial charge in [0.05, 0.1) is 6.54 Å². The molecule has 2 aromatic rings. The maximum absolute atomic E-state index is 12.6. The minimum Gasteiger partial charge on any atom is -0.299 e. The van der Waals surface area contributed by atoms with Crippen molar-refractivity contribution in [1.29, 1.82) is 0 Å². The number of aryl methyl sites for hydroxylation is 1. The van der Waals surface area contributed by atoms with Crippen molar-refractivity contribution in [2.45, 2.75) is 32.6 Å². The van der Waals surface area contributed by atoms with E-state index in [1.165, 1.54) is 11.3 Å². The zero-order valence-corrected chi connectivity index (χ0v) is 15.7. The summed E-state index contributed by atoms with van der Waals surface area (Å²) in [6, 6.07) is 5.37. The maximum Gasteiger partial charge on any atom is 0.240 e. The monoisotopic (exact) mass is 373 g/mol. The number of amides is 1. The third-order valence-electron chi connectivity index (χ3n) is 4.34. The Balaban J connectivity index is 1.52. The number of carbonyl (C=O) groups excluding carboxylic acids is 2. The minimum atomic E-state index is -0.116. The highest BCUT2D eigenvalue weighted by Crippen LogP contribution is 2.21. The van der Waals surface area contributed by atoms with Gasteiger partial charge in [0.15, 0.2) is 5.78 Å². The van der Waals surface area contributed by atoms with Gasteiger partial charge in [-0.05, 0) is 37.9 Å². The Labute approximate surface area is 156 Å². The predicted molar refractivity (Wildman–Crippen MR) is 100 cm³/mol. The standard InChI is InChI=1S/C18H23N5O2S/c1-2-6-16-21-22-18(26-16)20-15(24)12-23-10-5-7-13(11-23)17(25)14-8-3-4-9-19-14/h3-4,8-9,13H,2,5-7,10-12H2,1H3,(H,20,22,24)/t13-/m1/s1. The van der Waals surface area contributed by atoms with E-state index in [0.717, 1.165) is 37.2 Å². The lowest BCUT2D eigenvalue weighted by atomic mass is 9.92. The van der Waals surface area contributed by atoms with Crippen LogP contribution in [0.2, 0.25) is 0 Å². The number of ketones is 1. The summed E-state index contributed by atoms with van der Waals surface area (Å²) >= 11 is 1.42. The molecule has 1 N–H and O–H groups in total. The van der Waals surface area contributed by atoms with Crippen molar-refractivity contribution in [3.05, 3.63) is 35.1 Å². The van der Waals surface area contributed by atoms with Crippen LogP contribution in [0.1, 0.15) is 41.7 Å². The van der Waals surface area contributed by atoms with Gasteiger partial charge < -0.3 is 0 Å². The zero-order chi connectivity index (χ0) is 18.4. The molecule has 26 heavy (non-hydrogen) atoms. The van der Waals surface area contributed by atoms with E-state index >= 15 is 0 Å². The van der Waals surface area contributed by atoms with Gasteiger partial charge in [-0.25, -0.2) is 0 Å². The van der Waals surface area contributed by atoms with Gasteiger partial charge in [-0.3, -0.25) is 24.8 Å². The summed E-state index contributed by atoms with van der Waals surface area (Å²) in [4.78, 5) is 31.0. The first kappa shape index (κ1) is 18.6. The number of carbonyl (C=O) groups is 2. The average Bonchev–Trinajstić information content (AvgIpc) is 3.09. The number of nitrogens with one attached hydrogen (secondary N) is 1. The van der Waals surface area contributed by atoms with Crippen molar-refractivity contribution in [1.82, 2.24) is 20.1 Å². The van der Waals surface area contributed by atoms with E-state index in [2.05, 4.69) is 27.4 Å². The summed E-state index contributed by atoms with van der Waals surface area (Å²) in [5, 5.41) is 12.4. The second-order valence-electron chi connectivity index (χ2n) is 6.45. The van der Waals surface area contributed by atoms with Crippen LogP contribution in [0.4, 0.5) is 5.13 Å². The van der Waals surface area contributed by atoms with Gasteiger partial charge in [-0.1, -0.05) is 24.3 Å². The second-order valence-corrected chi connectivity index (χ2v) is 7.51. The molecule has 3 rings (SSSR count). The summed E-state index contributed by atoms with van der Waals surface area (Å²) in [7, 11) is 0. The van der Waals surface area contributed by atoms with Gasteiger partial charge in [0, 0.05) is 25.1 Å². The summed E-state index contributed by atoms with van der Waals surface area (Å²) in [6.45, 7) is 3.74. The number of nitrogens with zero attached hydrogens (tertiary/aromatic N) is 4. The van der Waals surface area contributed by atoms with Gasteiger partial charge in [-0.2, -0.15) is 0 Å². The molecule has 1 aliphatic rings. The first-order valence-corrected chi connectivity index (χ1v) is 9.77. The second kappa shape index (κ2) is 8.95. The van der Waals surface area contributed by atoms with Crippen LogP contribution in [0.15, 0.2) is 24.4 Å². The number of likely N-dealkylation sites (tertiary alicyclic amines) is 1. The lowest BCUT2D eigenvalue weighted by Gasteiger charge is -2.31. The molecule has 0 bridgehead atoms. The largest absolute Gasteiger partial charge is 0.299 e. The molecular weight excluding hydrogens is 350 g/mol. The lowest BCUT2D eigenvalue weighted by Crippen LogP contribution is -2.42. The van der Waals surface area contributed by atoms with Gasteiger partial charge in [0.1, 0.15) is 10.7 Å². The highest BCUT2D eigenvalue weighted by molar-refractivity contribution is 7.15. The van der Waals surface area contributed by atoms with Crippen LogP contribution in [0, 0.1) is 5.92 Å². The molecule has 1 fully saturated rings. The van der Waals surface area contributed by atoms with E-state index in [1.807, 2.05) is 11.0 Å². The molecule has 1 aliphatic heterocycles. The van der Waals surface area contributed by atoms with Crippen LogP contribution in [0.25, 0.3) is 0 Å². The SMILES string of the molecule is CCCc1nnc(NC(=O)CN2CCC[C@@H](C(=O)c3ccccn3)C2)s1. The van der Waals surface area contributed by atoms with Gasteiger partial charge in [0.2, 0.25) is 11.0 Å². The first-order chi connectivity index (χ1) is 12.7. The average molecular weight is 373 g/mol. The van der Waals surface area contributed by atoms with Crippen molar-refractivity contribution in [3.8, 4) is 0 Å². The third-order valence-corrected chi connectivity index (χ3v) is 5.24. The van der Waals surface area contributed by atoms with Crippen molar-refractivity contribution >= 4 is 28.2 Å². The number of aromatic nitrogens is 3. The van der Waals surface area contributed by atoms with E-state index in [9.17, 15) is 9.59 Å². The van der Waals surface area contributed by atoms with E-state index in [1.54, 1.807) is 18.3 Å². The number of piperidine rings is 1. The fraction of sp³-hybridized carbons (Fsp3) is 0.500. The third kappa shape index (κ3) is 4.92. The molecule has 0 spiro atoms. The molecule has 138 valence electrons. The molecule has 3 heterocycles. The van der Waals surface area contributed by atoms with Crippen LogP contribution >= 0.6 is 11.3 Å². The lowest BCUT2D eigenvalue weighted by molar-refractivity contribution is -0.117. The highest BCUT2D eigenvalue weighted by Gasteiger charge is 2.28. The minimum absolute atomic E-state index is 0.0593. The molecule has 8 heteroatoms. The van der Waals surface area contributed by atoms with Crippen LogP contribution in [-0.2, 0) is 11.2 Å². The van der Waals surface area contributed by atoms with E-state index in [0.29, 0.717) is 17.4 Å². The molecule has 2 aromatic heterocycles. The fourth-order valence-corrected chi connectivity index (χ4v) is 3.97. The number of pyridine rings is 1. The molecule has 7 nitrogen and oxygen atoms in total. The first-order valence-electron chi connectivity index (χ1n) is 8.95. The molecule has 0 saturated carbocycles. The Morgan fingerprint density at radius 2 is 2.23 bits per heavy atom. The number of Topliss-reactive ketones (excluding diaryl/α,β-unsaturated/α-hetero) is 1.